The molecule has 0 saturated carbocycles. The number of aliphatic hydroxyl groups is 1. The molecule has 2 fully saturated rings. The summed E-state index contributed by atoms with van der Waals surface area (Å²) in [5, 5.41) is 10.7. The minimum absolute atomic E-state index is 0.0615. The van der Waals surface area contributed by atoms with E-state index < -0.39 is 41.7 Å². The standard InChI is InChI=1S/C33H33Cl2FN4O5/c1-32(2,3)13-17-10-21-24(12-23(17)35)40(16-41)31(44)33(21)14-38-15-39(18-8-9-19(29(37)42)25(11-18)45-4)30(43)28(38)26(33)20-6-5-7-22(34)27(20)36/h5-12,26,28,41H,13-16H2,1-4H3,(H2,37,42)/t26-,28+,33-/m0/s1. The third-order valence-corrected chi connectivity index (χ3v) is 9.68. The van der Waals surface area contributed by atoms with Crippen LogP contribution in [0.5, 0.6) is 5.75 Å². The van der Waals surface area contributed by atoms with Gasteiger partial charge < -0.3 is 15.6 Å². The van der Waals surface area contributed by atoms with Crippen molar-refractivity contribution in [1.29, 1.82) is 0 Å². The van der Waals surface area contributed by atoms with Crippen LogP contribution in [-0.4, -0.2) is 60.8 Å². The molecule has 3 amide bonds. The van der Waals surface area contributed by atoms with Gasteiger partial charge in [0, 0.05) is 29.2 Å². The van der Waals surface area contributed by atoms with Gasteiger partial charge in [-0.2, -0.15) is 0 Å². The molecule has 9 nitrogen and oxygen atoms in total. The van der Waals surface area contributed by atoms with E-state index in [-0.39, 0.29) is 46.4 Å². The largest absolute Gasteiger partial charge is 0.496 e. The van der Waals surface area contributed by atoms with Crippen molar-refractivity contribution >= 4 is 52.3 Å². The second kappa shape index (κ2) is 11.0. The Bertz CT molecular complexity index is 1760. The predicted molar refractivity (Wildman–Crippen MR) is 169 cm³/mol. The van der Waals surface area contributed by atoms with Crippen LogP contribution >= 0.6 is 23.2 Å². The van der Waals surface area contributed by atoms with Gasteiger partial charge in [-0.1, -0.05) is 62.2 Å². The van der Waals surface area contributed by atoms with Crippen LogP contribution in [0, 0.1) is 11.2 Å². The Hall–Kier alpha value is -3.70. The Kier molecular flexibility index (Phi) is 7.63. The Morgan fingerprint density at radius 3 is 2.51 bits per heavy atom. The molecule has 3 aliphatic heterocycles. The van der Waals surface area contributed by atoms with Crippen LogP contribution in [0.1, 0.15) is 53.7 Å². The van der Waals surface area contributed by atoms with Gasteiger partial charge in [0.2, 0.25) is 11.8 Å². The monoisotopic (exact) mass is 654 g/mol. The highest BCUT2D eigenvalue weighted by Gasteiger charge is 2.68. The van der Waals surface area contributed by atoms with Gasteiger partial charge in [-0.05, 0) is 52.8 Å². The molecule has 6 rings (SSSR count). The van der Waals surface area contributed by atoms with Crippen molar-refractivity contribution in [3.05, 3.63) is 86.6 Å². The fourth-order valence-corrected chi connectivity index (χ4v) is 7.66. The Morgan fingerprint density at radius 2 is 1.87 bits per heavy atom. The molecule has 0 radical (unpaired) electrons. The number of anilines is 2. The molecule has 1 spiro atoms. The number of amides is 3. The number of nitrogens with two attached hydrogens (primary N) is 1. The van der Waals surface area contributed by atoms with Crippen molar-refractivity contribution in [2.24, 2.45) is 11.1 Å². The zero-order valence-corrected chi connectivity index (χ0v) is 26.7. The molecule has 3 heterocycles. The quantitative estimate of drug-likeness (QED) is 0.393. The topological polar surface area (TPSA) is 116 Å². The van der Waals surface area contributed by atoms with E-state index in [0.29, 0.717) is 28.4 Å². The molecule has 12 heteroatoms. The van der Waals surface area contributed by atoms with Gasteiger partial charge in [0.1, 0.15) is 18.3 Å². The Morgan fingerprint density at radius 1 is 1.13 bits per heavy atom. The number of primary amides is 1. The minimum atomic E-state index is -1.43. The lowest BCUT2D eigenvalue weighted by Crippen LogP contribution is -2.48. The van der Waals surface area contributed by atoms with Crippen molar-refractivity contribution in [2.45, 2.75) is 44.6 Å². The molecule has 236 valence electrons. The van der Waals surface area contributed by atoms with E-state index in [1.54, 1.807) is 30.3 Å². The van der Waals surface area contributed by atoms with Crippen molar-refractivity contribution in [3.8, 4) is 5.75 Å². The molecule has 2 saturated heterocycles. The van der Waals surface area contributed by atoms with Gasteiger partial charge in [-0.15, -0.1) is 0 Å². The molecule has 3 aromatic carbocycles. The second-order valence-electron chi connectivity index (χ2n) is 13.0. The van der Waals surface area contributed by atoms with E-state index in [4.69, 9.17) is 33.7 Å². The summed E-state index contributed by atoms with van der Waals surface area (Å²) >= 11 is 13.0. The molecular formula is C33H33Cl2FN4O5. The highest BCUT2D eigenvalue weighted by atomic mass is 35.5. The van der Waals surface area contributed by atoms with Crippen molar-refractivity contribution in [2.75, 3.05) is 36.9 Å². The molecule has 3 aliphatic rings. The van der Waals surface area contributed by atoms with Crippen LogP contribution in [0.25, 0.3) is 0 Å². The minimum Gasteiger partial charge on any atom is -0.496 e. The predicted octanol–water partition coefficient (Wildman–Crippen LogP) is 4.84. The lowest BCUT2D eigenvalue weighted by molar-refractivity contribution is -0.124. The summed E-state index contributed by atoms with van der Waals surface area (Å²) in [7, 11) is 1.40. The number of hydrogen-bond donors (Lipinski definition) is 2. The summed E-state index contributed by atoms with van der Waals surface area (Å²) in [4.78, 5) is 45.4. The molecule has 3 aromatic rings. The first-order valence-corrected chi connectivity index (χ1v) is 15.2. The zero-order chi connectivity index (χ0) is 32.6. The molecule has 45 heavy (non-hydrogen) atoms. The number of ether oxygens (including phenoxy) is 1. The highest BCUT2D eigenvalue weighted by molar-refractivity contribution is 6.32. The lowest BCUT2D eigenvalue weighted by atomic mass is 9.67. The number of aliphatic hydroxyl groups excluding tert-OH is 1. The molecule has 0 aromatic heterocycles. The average molecular weight is 656 g/mol. The van der Waals surface area contributed by atoms with E-state index in [1.807, 2.05) is 11.0 Å². The van der Waals surface area contributed by atoms with Crippen LogP contribution in [0.2, 0.25) is 10.0 Å². The first-order chi connectivity index (χ1) is 21.2. The number of fused-ring (bicyclic) bond motifs is 3. The smallest absolute Gasteiger partial charge is 0.252 e. The number of carbonyl (C=O) groups excluding carboxylic acids is 3. The molecule has 3 N–H and O–H groups in total. The van der Waals surface area contributed by atoms with E-state index in [9.17, 15) is 19.5 Å². The number of methoxy groups -OCH3 is 1. The van der Waals surface area contributed by atoms with E-state index >= 15 is 4.39 Å². The number of carbonyl (C=O) groups is 3. The van der Waals surface area contributed by atoms with E-state index in [0.717, 1.165) is 5.56 Å². The van der Waals surface area contributed by atoms with Crippen molar-refractivity contribution in [1.82, 2.24) is 4.90 Å². The fourth-order valence-electron chi connectivity index (χ4n) is 7.26. The third kappa shape index (κ3) is 4.77. The van der Waals surface area contributed by atoms with Crippen LogP contribution in [-0.2, 0) is 21.4 Å². The fraction of sp³-hybridized carbons (Fsp3) is 0.364. The summed E-state index contributed by atoms with van der Waals surface area (Å²) in [5.74, 6) is -3.02. The van der Waals surface area contributed by atoms with Gasteiger partial charge in [0.15, 0.2) is 0 Å². The molecule has 0 bridgehead atoms. The van der Waals surface area contributed by atoms with E-state index in [2.05, 4.69) is 20.8 Å². The Labute approximate surface area is 270 Å². The maximum absolute atomic E-state index is 16.0. The normalized spacial score (nSPS) is 22.8. The van der Waals surface area contributed by atoms with Crippen LogP contribution in [0.15, 0.2) is 48.5 Å². The summed E-state index contributed by atoms with van der Waals surface area (Å²) in [6.07, 6.45) is 0.599. The van der Waals surface area contributed by atoms with Crippen LogP contribution in [0.3, 0.4) is 0 Å². The molecule has 0 aliphatic carbocycles. The number of rotatable bonds is 6. The van der Waals surface area contributed by atoms with Crippen LogP contribution in [0.4, 0.5) is 15.8 Å². The summed E-state index contributed by atoms with van der Waals surface area (Å²) < 4.78 is 21.4. The van der Waals surface area contributed by atoms with Crippen molar-refractivity contribution < 1.29 is 28.6 Å². The third-order valence-electron chi connectivity index (χ3n) is 9.04. The second-order valence-corrected chi connectivity index (χ2v) is 13.8. The number of nitrogens with zero attached hydrogens (tertiary/aromatic N) is 3. The number of hydrogen-bond acceptors (Lipinski definition) is 6. The zero-order valence-electron chi connectivity index (χ0n) is 25.2. The molecular weight excluding hydrogens is 622 g/mol. The first kappa shape index (κ1) is 31.3. The maximum Gasteiger partial charge on any atom is 0.252 e. The number of benzene rings is 3. The van der Waals surface area contributed by atoms with E-state index in [1.165, 1.54) is 29.0 Å². The van der Waals surface area contributed by atoms with Crippen LogP contribution < -0.4 is 20.3 Å². The lowest BCUT2D eigenvalue weighted by Gasteiger charge is -2.33. The highest BCUT2D eigenvalue weighted by Crippen LogP contribution is 2.59. The van der Waals surface area contributed by atoms with Gasteiger partial charge in [-0.25, -0.2) is 4.39 Å². The first-order valence-electron chi connectivity index (χ1n) is 14.5. The average Bonchev–Trinajstić information content (AvgIpc) is 3.56. The van der Waals surface area contributed by atoms with Gasteiger partial charge in [-0.3, -0.25) is 29.1 Å². The maximum atomic E-state index is 16.0. The summed E-state index contributed by atoms with van der Waals surface area (Å²) in [6, 6.07) is 11.8. The molecule has 3 atom stereocenters. The number of halogens is 3. The van der Waals surface area contributed by atoms with Gasteiger partial charge in [0.25, 0.3) is 5.91 Å². The van der Waals surface area contributed by atoms with Gasteiger partial charge in [0.05, 0.1) is 41.5 Å². The summed E-state index contributed by atoms with van der Waals surface area (Å²) in [5.41, 5.74) is 6.46. The van der Waals surface area contributed by atoms with Crippen molar-refractivity contribution in [3.63, 3.8) is 0 Å². The van der Waals surface area contributed by atoms with Gasteiger partial charge >= 0.3 is 0 Å². The molecule has 0 unspecified atom stereocenters. The summed E-state index contributed by atoms with van der Waals surface area (Å²) in [6.45, 7) is 5.74. The SMILES string of the molecule is COc1cc(N2CN3C[C@@]4(C(=O)N(CO)c5cc(Cl)c(CC(C)(C)C)cc54)[C@@H](c4cccc(Cl)c4F)[C@@H]3C2=O)ccc1C(N)=O. The Balaban J connectivity index is 1.54.